The molecule has 1 aromatic rings. The van der Waals surface area contributed by atoms with Crippen molar-refractivity contribution in [1.82, 2.24) is 4.98 Å². The molecule has 1 aliphatic rings. The highest BCUT2D eigenvalue weighted by atomic mass is 16.6. The normalized spacial score (nSPS) is 19.0. The lowest BCUT2D eigenvalue weighted by Gasteiger charge is -2.32. The highest BCUT2D eigenvalue weighted by Crippen LogP contribution is 2.24. The fourth-order valence-electron chi connectivity index (χ4n) is 2.24. The minimum atomic E-state index is -0.531. The van der Waals surface area contributed by atoms with Gasteiger partial charge in [-0.1, -0.05) is 0 Å². The Hall–Kier alpha value is -2.18. The molecule has 102 valence electrons. The summed E-state index contributed by atoms with van der Waals surface area (Å²) in [5.41, 5.74) is 0.791. The minimum absolute atomic E-state index is 0.144. The monoisotopic (exact) mass is 265 g/mol. The largest absolute Gasteiger partial charge is 0.469 e. The van der Waals surface area contributed by atoms with Gasteiger partial charge in [-0.05, 0) is 28.8 Å². The fourth-order valence-corrected chi connectivity index (χ4v) is 2.24. The van der Waals surface area contributed by atoms with E-state index in [1.165, 1.54) is 19.4 Å². The molecule has 0 aliphatic carbocycles. The number of anilines is 1. The lowest BCUT2D eigenvalue weighted by molar-refractivity contribution is -0.389. The van der Waals surface area contributed by atoms with Gasteiger partial charge >= 0.3 is 11.8 Å². The average molecular weight is 265 g/mol. The fraction of sp³-hybridized carbons (Fsp3) is 0.500. The van der Waals surface area contributed by atoms with E-state index in [2.05, 4.69) is 4.98 Å². The lowest BCUT2D eigenvalue weighted by atomic mass is 9.98. The predicted molar refractivity (Wildman–Crippen MR) is 67.8 cm³/mol. The molecule has 7 heteroatoms. The number of esters is 1. The molecule has 1 saturated heterocycles. The number of nitro groups is 1. The molecule has 19 heavy (non-hydrogen) atoms. The molecule has 0 saturated carbocycles. The van der Waals surface area contributed by atoms with Crippen LogP contribution in [0.3, 0.4) is 0 Å². The molecule has 1 atom stereocenters. The Morgan fingerprint density at radius 2 is 2.37 bits per heavy atom. The van der Waals surface area contributed by atoms with E-state index in [1.54, 1.807) is 6.07 Å². The van der Waals surface area contributed by atoms with Crippen LogP contribution in [0.2, 0.25) is 0 Å². The van der Waals surface area contributed by atoms with E-state index in [0.29, 0.717) is 6.54 Å². The first-order chi connectivity index (χ1) is 9.11. The van der Waals surface area contributed by atoms with Crippen LogP contribution in [0.5, 0.6) is 0 Å². The Bertz CT molecular complexity index is 474. The molecule has 0 N–H and O–H groups in total. The van der Waals surface area contributed by atoms with Crippen molar-refractivity contribution < 1.29 is 14.5 Å². The van der Waals surface area contributed by atoms with Gasteiger partial charge in [0.2, 0.25) is 0 Å². The van der Waals surface area contributed by atoms with Gasteiger partial charge in [0.05, 0.1) is 18.7 Å². The van der Waals surface area contributed by atoms with Crippen LogP contribution in [0.4, 0.5) is 11.5 Å². The summed E-state index contributed by atoms with van der Waals surface area (Å²) < 4.78 is 4.75. The van der Waals surface area contributed by atoms with E-state index in [9.17, 15) is 14.9 Å². The zero-order chi connectivity index (χ0) is 13.8. The summed E-state index contributed by atoms with van der Waals surface area (Å²) in [6.45, 7) is 1.37. The van der Waals surface area contributed by atoms with Gasteiger partial charge in [0.15, 0.2) is 6.20 Å². The van der Waals surface area contributed by atoms with Gasteiger partial charge in [-0.25, -0.2) is 0 Å². The standard InChI is InChI=1S/C12H15N3O4/c1-19-12(16)9-3-2-6-14(8-9)10-4-5-11(13-7-10)15(17)18/h4-5,7,9H,2-3,6,8H2,1H3. The van der Waals surface area contributed by atoms with Crippen molar-refractivity contribution in [3.05, 3.63) is 28.4 Å². The topological polar surface area (TPSA) is 85.6 Å². The number of aromatic nitrogens is 1. The number of carbonyl (C=O) groups excluding carboxylic acids is 1. The minimum Gasteiger partial charge on any atom is -0.469 e. The maximum Gasteiger partial charge on any atom is 0.363 e. The summed E-state index contributed by atoms with van der Waals surface area (Å²) in [7, 11) is 1.38. The molecular weight excluding hydrogens is 250 g/mol. The van der Waals surface area contributed by atoms with Crippen molar-refractivity contribution in [2.24, 2.45) is 5.92 Å². The number of piperidine rings is 1. The molecule has 1 unspecified atom stereocenters. The third-order valence-electron chi connectivity index (χ3n) is 3.24. The van der Waals surface area contributed by atoms with Crippen molar-refractivity contribution in [2.45, 2.75) is 12.8 Å². The summed E-state index contributed by atoms with van der Waals surface area (Å²) in [6, 6.07) is 3.03. The molecular formula is C12H15N3O4. The summed E-state index contributed by atoms with van der Waals surface area (Å²) in [5.74, 6) is -0.529. The Morgan fingerprint density at radius 3 is 2.95 bits per heavy atom. The molecule has 1 fully saturated rings. The number of rotatable bonds is 3. The van der Waals surface area contributed by atoms with Crippen LogP contribution in [0, 0.1) is 16.0 Å². The summed E-state index contributed by atoms with van der Waals surface area (Å²) >= 11 is 0. The third kappa shape index (κ3) is 2.98. The first kappa shape index (κ1) is 13.3. The molecule has 1 aromatic heterocycles. The smallest absolute Gasteiger partial charge is 0.363 e. The molecule has 1 aliphatic heterocycles. The van der Waals surface area contributed by atoms with Gasteiger partial charge in [-0.2, -0.15) is 0 Å². The number of hydrogen-bond donors (Lipinski definition) is 0. The van der Waals surface area contributed by atoms with Gasteiger partial charge in [0, 0.05) is 19.2 Å². The number of pyridine rings is 1. The molecule has 2 heterocycles. The second-order valence-electron chi connectivity index (χ2n) is 4.44. The van der Waals surface area contributed by atoms with Crippen molar-refractivity contribution in [1.29, 1.82) is 0 Å². The Labute approximate surface area is 110 Å². The number of methoxy groups -OCH3 is 1. The van der Waals surface area contributed by atoms with Crippen LogP contribution in [-0.4, -0.2) is 36.1 Å². The zero-order valence-corrected chi connectivity index (χ0v) is 10.6. The number of hydrogen-bond acceptors (Lipinski definition) is 6. The molecule has 0 spiro atoms. The van der Waals surface area contributed by atoms with Gasteiger partial charge in [-0.3, -0.25) is 4.79 Å². The van der Waals surface area contributed by atoms with Crippen LogP contribution in [0.15, 0.2) is 18.3 Å². The van der Waals surface area contributed by atoms with Gasteiger partial charge < -0.3 is 19.8 Å². The zero-order valence-electron chi connectivity index (χ0n) is 10.6. The lowest BCUT2D eigenvalue weighted by Crippen LogP contribution is -2.39. The first-order valence-electron chi connectivity index (χ1n) is 6.05. The van der Waals surface area contributed by atoms with Crippen molar-refractivity contribution in [3.8, 4) is 0 Å². The van der Waals surface area contributed by atoms with E-state index in [4.69, 9.17) is 4.74 Å². The second kappa shape index (κ2) is 5.64. The predicted octanol–water partition coefficient (Wildman–Crippen LogP) is 1.38. The quantitative estimate of drug-likeness (QED) is 0.466. The highest BCUT2D eigenvalue weighted by Gasteiger charge is 2.27. The Balaban J connectivity index is 2.08. The van der Waals surface area contributed by atoms with Gasteiger partial charge in [0.25, 0.3) is 0 Å². The second-order valence-corrected chi connectivity index (χ2v) is 4.44. The maximum atomic E-state index is 11.5. The molecule has 0 aromatic carbocycles. The van der Waals surface area contributed by atoms with Gasteiger partial charge in [-0.15, -0.1) is 0 Å². The van der Waals surface area contributed by atoms with Crippen LogP contribution in [0.25, 0.3) is 0 Å². The SMILES string of the molecule is COC(=O)C1CCCN(c2ccc([N+](=O)[O-])nc2)C1. The maximum absolute atomic E-state index is 11.5. The number of ether oxygens (including phenoxy) is 1. The molecule has 7 nitrogen and oxygen atoms in total. The first-order valence-corrected chi connectivity index (χ1v) is 6.05. The van der Waals surface area contributed by atoms with Gasteiger partial charge in [0.1, 0.15) is 0 Å². The summed E-state index contributed by atoms with van der Waals surface area (Å²) in [6.07, 6.45) is 3.16. The number of carbonyl (C=O) groups is 1. The van der Waals surface area contributed by atoms with Crippen LogP contribution in [0.1, 0.15) is 12.8 Å². The van der Waals surface area contributed by atoms with E-state index in [-0.39, 0.29) is 17.7 Å². The van der Waals surface area contributed by atoms with E-state index >= 15 is 0 Å². The van der Waals surface area contributed by atoms with Crippen molar-refractivity contribution in [2.75, 3.05) is 25.1 Å². The molecule has 0 amide bonds. The molecule has 2 rings (SSSR count). The average Bonchev–Trinajstić information content (AvgIpc) is 2.46. The van der Waals surface area contributed by atoms with Crippen molar-refractivity contribution >= 4 is 17.5 Å². The van der Waals surface area contributed by atoms with Crippen LogP contribution < -0.4 is 4.90 Å². The highest BCUT2D eigenvalue weighted by molar-refractivity contribution is 5.73. The van der Waals surface area contributed by atoms with E-state index < -0.39 is 4.92 Å². The summed E-state index contributed by atoms with van der Waals surface area (Å²) in [5, 5.41) is 10.5. The molecule has 0 radical (unpaired) electrons. The number of nitrogens with zero attached hydrogens (tertiary/aromatic N) is 3. The summed E-state index contributed by atoms with van der Waals surface area (Å²) in [4.78, 5) is 27.3. The van der Waals surface area contributed by atoms with Crippen molar-refractivity contribution in [3.63, 3.8) is 0 Å². The van der Waals surface area contributed by atoms with E-state index in [0.717, 1.165) is 25.1 Å². The third-order valence-corrected chi connectivity index (χ3v) is 3.24. The van der Waals surface area contributed by atoms with Crippen LogP contribution >= 0.6 is 0 Å². The van der Waals surface area contributed by atoms with E-state index in [1.807, 2.05) is 4.90 Å². The Kier molecular flexibility index (Phi) is 3.94. The molecule has 0 bridgehead atoms. The Morgan fingerprint density at radius 1 is 1.58 bits per heavy atom. The van der Waals surface area contributed by atoms with Crippen LogP contribution in [-0.2, 0) is 9.53 Å².